The smallest absolute Gasteiger partial charge is 0.0193 e. The summed E-state index contributed by atoms with van der Waals surface area (Å²) in [5, 5.41) is 0. The Morgan fingerprint density at radius 2 is 2.42 bits per heavy atom. The third-order valence-electron chi connectivity index (χ3n) is 2.57. The molecule has 0 radical (unpaired) electrons. The highest BCUT2D eigenvalue weighted by Gasteiger charge is 2.15. The van der Waals surface area contributed by atoms with Crippen LogP contribution < -0.4 is 5.73 Å². The minimum Gasteiger partial charge on any atom is -0.330 e. The summed E-state index contributed by atoms with van der Waals surface area (Å²) in [5.41, 5.74) is 7.03. The molecular weight excluding hydrogens is 148 g/mol. The van der Waals surface area contributed by atoms with Gasteiger partial charge in [-0.25, -0.2) is 0 Å². The predicted molar refractivity (Wildman–Crippen MR) is 53.1 cm³/mol. The monoisotopic (exact) mass is 168 g/mol. The second-order valence-electron chi connectivity index (χ2n) is 3.74. The minimum absolute atomic E-state index is 0.652. The fourth-order valence-corrected chi connectivity index (χ4v) is 1.74. The number of nitrogens with two attached hydrogens (primary N) is 1. The molecule has 12 heavy (non-hydrogen) atoms. The number of nitrogens with zero attached hydrogens (tertiary/aromatic N) is 1. The van der Waals surface area contributed by atoms with Crippen molar-refractivity contribution in [2.24, 2.45) is 5.73 Å². The molecule has 0 saturated carbocycles. The van der Waals surface area contributed by atoms with Gasteiger partial charge in [0, 0.05) is 19.1 Å². The maximum Gasteiger partial charge on any atom is 0.0193 e. The molecular formula is C10H20N2. The molecule has 1 unspecified atom stereocenters. The molecule has 0 aromatic rings. The summed E-state index contributed by atoms with van der Waals surface area (Å²) < 4.78 is 0. The van der Waals surface area contributed by atoms with Crippen LogP contribution in [-0.4, -0.2) is 30.6 Å². The van der Waals surface area contributed by atoms with Gasteiger partial charge < -0.3 is 5.73 Å². The molecule has 2 nitrogen and oxygen atoms in total. The molecule has 70 valence electrons. The van der Waals surface area contributed by atoms with Crippen molar-refractivity contribution in [3.05, 3.63) is 11.6 Å². The lowest BCUT2D eigenvalue weighted by Gasteiger charge is -2.31. The van der Waals surface area contributed by atoms with Gasteiger partial charge in [0.25, 0.3) is 0 Å². The van der Waals surface area contributed by atoms with Crippen molar-refractivity contribution in [3.63, 3.8) is 0 Å². The molecule has 0 aliphatic carbocycles. The predicted octanol–water partition coefficient (Wildman–Crippen LogP) is 1.38. The Kier molecular flexibility index (Phi) is 3.76. The molecule has 0 aromatic carbocycles. The van der Waals surface area contributed by atoms with Crippen molar-refractivity contribution in [1.82, 2.24) is 4.90 Å². The van der Waals surface area contributed by atoms with Crippen LogP contribution in [0.1, 0.15) is 26.7 Å². The zero-order chi connectivity index (χ0) is 8.97. The Labute approximate surface area is 75.4 Å². The number of hydrogen-bond donors (Lipinski definition) is 1. The maximum atomic E-state index is 5.53. The fourth-order valence-electron chi connectivity index (χ4n) is 1.74. The Hall–Kier alpha value is -0.340. The summed E-state index contributed by atoms with van der Waals surface area (Å²) in [6, 6.07) is 0.652. The lowest BCUT2D eigenvalue weighted by molar-refractivity contribution is 0.214. The quantitative estimate of drug-likeness (QED) is 0.645. The van der Waals surface area contributed by atoms with Crippen LogP contribution in [0.3, 0.4) is 0 Å². The van der Waals surface area contributed by atoms with Crippen LogP contribution in [-0.2, 0) is 0 Å². The highest BCUT2D eigenvalue weighted by molar-refractivity contribution is 5.05. The van der Waals surface area contributed by atoms with E-state index >= 15 is 0 Å². The molecule has 0 amide bonds. The van der Waals surface area contributed by atoms with Crippen LogP contribution in [0.25, 0.3) is 0 Å². The largest absolute Gasteiger partial charge is 0.330 e. The summed E-state index contributed by atoms with van der Waals surface area (Å²) in [6.07, 6.45) is 4.67. The maximum absolute atomic E-state index is 5.53. The van der Waals surface area contributed by atoms with E-state index < -0.39 is 0 Å². The van der Waals surface area contributed by atoms with Crippen molar-refractivity contribution in [2.75, 3.05) is 19.6 Å². The van der Waals surface area contributed by atoms with Crippen molar-refractivity contribution in [3.8, 4) is 0 Å². The van der Waals surface area contributed by atoms with Gasteiger partial charge in [-0.2, -0.15) is 0 Å². The first-order valence-electron chi connectivity index (χ1n) is 4.83. The summed E-state index contributed by atoms with van der Waals surface area (Å²) in [4.78, 5) is 2.52. The van der Waals surface area contributed by atoms with Crippen LogP contribution in [0.15, 0.2) is 11.6 Å². The number of hydrogen-bond acceptors (Lipinski definition) is 2. The Morgan fingerprint density at radius 1 is 1.67 bits per heavy atom. The average Bonchev–Trinajstić information content (AvgIpc) is 2.05. The molecule has 0 spiro atoms. The molecule has 1 aliphatic heterocycles. The van der Waals surface area contributed by atoms with E-state index in [9.17, 15) is 0 Å². The molecule has 2 heteroatoms. The summed E-state index contributed by atoms with van der Waals surface area (Å²) in [7, 11) is 0. The van der Waals surface area contributed by atoms with E-state index in [1.165, 1.54) is 18.5 Å². The van der Waals surface area contributed by atoms with Gasteiger partial charge in [-0.15, -0.1) is 0 Å². The molecule has 1 atom stereocenters. The highest BCUT2D eigenvalue weighted by atomic mass is 15.1. The van der Waals surface area contributed by atoms with Gasteiger partial charge >= 0.3 is 0 Å². The first-order chi connectivity index (χ1) is 5.74. The zero-order valence-electron chi connectivity index (χ0n) is 8.21. The highest BCUT2D eigenvalue weighted by Crippen LogP contribution is 2.13. The van der Waals surface area contributed by atoms with Crippen molar-refractivity contribution in [2.45, 2.75) is 32.7 Å². The normalized spacial score (nSPS) is 22.1. The minimum atomic E-state index is 0.652. The van der Waals surface area contributed by atoms with E-state index in [0.717, 1.165) is 19.5 Å². The van der Waals surface area contributed by atoms with E-state index in [-0.39, 0.29) is 0 Å². The molecule has 0 bridgehead atoms. The number of rotatable bonds is 3. The summed E-state index contributed by atoms with van der Waals surface area (Å²) in [5.74, 6) is 0. The first-order valence-corrected chi connectivity index (χ1v) is 4.83. The van der Waals surface area contributed by atoms with Gasteiger partial charge in [0.05, 0.1) is 0 Å². The molecule has 0 saturated heterocycles. The SMILES string of the molecule is CC1=CCCN(C(C)CCN)C1. The lowest BCUT2D eigenvalue weighted by atomic mass is 10.1. The molecule has 0 fully saturated rings. The summed E-state index contributed by atoms with van der Waals surface area (Å²) in [6.45, 7) is 7.63. The van der Waals surface area contributed by atoms with Gasteiger partial charge in [-0.1, -0.05) is 11.6 Å². The molecule has 0 aromatic heterocycles. The van der Waals surface area contributed by atoms with Gasteiger partial charge in [0.1, 0.15) is 0 Å². The van der Waals surface area contributed by atoms with Crippen molar-refractivity contribution in [1.29, 1.82) is 0 Å². The van der Waals surface area contributed by atoms with Gasteiger partial charge in [0.2, 0.25) is 0 Å². The van der Waals surface area contributed by atoms with E-state index in [1.807, 2.05) is 0 Å². The van der Waals surface area contributed by atoms with E-state index in [0.29, 0.717) is 6.04 Å². The van der Waals surface area contributed by atoms with Crippen LogP contribution >= 0.6 is 0 Å². The molecule has 2 N–H and O–H groups in total. The Bertz CT molecular complexity index is 163. The van der Waals surface area contributed by atoms with Gasteiger partial charge in [-0.3, -0.25) is 4.90 Å². The van der Waals surface area contributed by atoms with Gasteiger partial charge in [-0.05, 0) is 33.2 Å². The average molecular weight is 168 g/mol. The first kappa shape index (κ1) is 9.75. The van der Waals surface area contributed by atoms with Crippen LogP contribution in [0.5, 0.6) is 0 Å². The van der Waals surface area contributed by atoms with Crippen LogP contribution in [0, 0.1) is 0 Å². The second-order valence-corrected chi connectivity index (χ2v) is 3.74. The van der Waals surface area contributed by atoms with E-state index in [1.54, 1.807) is 0 Å². The van der Waals surface area contributed by atoms with E-state index in [2.05, 4.69) is 24.8 Å². The fraction of sp³-hybridized carbons (Fsp3) is 0.800. The summed E-state index contributed by atoms with van der Waals surface area (Å²) >= 11 is 0. The van der Waals surface area contributed by atoms with Crippen molar-refractivity contribution >= 4 is 0 Å². The zero-order valence-corrected chi connectivity index (χ0v) is 8.21. The topological polar surface area (TPSA) is 29.3 Å². The molecule has 1 heterocycles. The lowest BCUT2D eigenvalue weighted by Crippen LogP contribution is -2.38. The second kappa shape index (κ2) is 4.63. The van der Waals surface area contributed by atoms with Gasteiger partial charge in [0.15, 0.2) is 0 Å². The third-order valence-corrected chi connectivity index (χ3v) is 2.57. The van der Waals surface area contributed by atoms with Crippen LogP contribution in [0.4, 0.5) is 0 Å². The molecule has 1 aliphatic rings. The third kappa shape index (κ3) is 2.61. The molecule has 1 rings (SSSR count). The Morgan fingerprint density at radius 3 is 3.00 bits per heavy atom. The van der Waals surface area contributed by atoms with Crippen molar-refractivity contribution < 1.29 is 0 Å². The van der Waals surface area contributed by atoms with E-state index in [4.69, 9.17) is 5.73 Å². The van der Waals surface area contributed by atoms with Crippen LogP contribution in [0.2, 0.25) is 0 Å². The standard InChI is InChI=1S/C10H20N2/c1-9-4-3-7-12(8-9)10(2)5-6-11/h4,10H,3,5-8,11H2,1-2H3. The Balaban J connectivity index is 2.37.